The van der Waals surface area contributed by atoms with Gasteiger partial charge in [0.25, 0.3) is 0 Å². The highest BCUT2D eigenvalue weighted by Crippen LogP contribution is 2.38. The smallest absolute Gasteiger partial charge is 0.249 e. The molecule has 1 aromatic heterocycles. The molecule has 10 nitrogen and oxygen atoms in total. The molecule has 2 amide bonds. The fourth-order valence-electron chi connectivity index (χ4n) is 4.21. The van der Waals surface area contributed by atoms with E-state index in [2.05, 4.69) is 15.6 Å². The molecule has 2 N–H and O–H groups in total. The molecule has 0 saturated carbocycles. The molecular formula is C29H33N5O5. The van der Waals surface area contributed by atoms with E-state index in [4.69, 9.17) is 9.47 Å². The van der Waals surface area contributed by atoms with Gasteiger partial charge in [-0.1, -0.05) is 36.4 Å². The molecule has 0 aliphatic rings. The molecule has 4 rings (SSSR count). The number of carbonyl (C=O) groups is 2. The highest BCUT2D eigenvalue weighted by molar-refractivity contribution is 6.03. The Kier molecular flexibility index (Phi) is 8.04. The summed E-state index contributed by atoms with van der Waals surface area (Å²) in [5, 5.41) is 21.4. The summed E-state index contributed by atoms with van der Waals surface area (Å²) in [6.07, 6.45) is 0.669. The molecule has 0 aliphatic carbocycles. The van der Waals surface area contributed by atoms with Crippen LogP contribution in [0.4, 0.5) is 5.69 Å². The van der Waals surface area contributed by atoms with Crippen LogP contribution in [0.25, 0.3) is 11.0 Å². The molecule has 0 spiro atoms. The normalized spacial score (nSPS) is 12.1. The van der Waals surface area contributed by atoms with E-state index in [1.54, 1.807) is 30.3 Å². The number of fused-ring (bicyclic) bond motifs is 1. The van der Waals surface area contributed by atoms with Crippen LogP contribution in [-0.4, -0.2) is 51.7 Å². The van der Waals surface area contributed by atoms with E-state index in [1.807, 2.05) is 45.0 Å². The SMILES string of the molecule is CCC(C)(C)NC(=O)[C@H](c1ccc(O)cc1)N(C(=O)Cn1nnc2ccccc21)c1cc(OC)ccc1OC. The summed E-state index contributed by atoms with van der Waals surface area (Å²) >= 11 is 0. The van der Waals surface area contributed by atoms with E-state index in [1.165, 1.54) is 35.9 Å². The van der Waals surface area contributed by atoms with Gasteiger partial charge in [-0.3, -0.25) is 14.5 Å². The topological polar surface area (TPSA) is 119 Å². The standard InChI is InChI=1S/C29H33N5O5/c1-6-29(2,3)30-28(37)27(19-11-13-20(35)14-12-19)34(24-17-21(38-4)15-16-25(24)39-5)26(36)18-33-23-10-8-7-9-22(23)31-32-33/h7-17,27,35H,6,18H2,1-5H3,(H,30,37)/t27-/m0/s1. The average molecular weight is 532 g/mol. The van der Waals surface area contributed by atoms with Gasteiger partial charge in [-0.05, 0) is 62.2 Å². The van der Waals surface area contributed by atoms with Crippen LogP contribution < -0.4 is 19.7 Å². The minimum atomic E-state index is -1.11. The Balaban J connectivity index is 1.90. The Bertz CT molecular complexity index is 1460. The summed E-state index contributed by atoms with van der Waals surface area (Å²) in [7, 11) is 3.02. The van der Waals surface area contributed by atoms with Gasteiger partial charge in [-0.15, -0.1) is 5.10 Å². The number of carbonyl (C=O) groups excluding carboxylic acids is 2. The summed E-state index contributed by atoms with van der Waals surface area (Å²) in [5.74, 6) is 0.0687. The minimum absolute atomic E-state index is 0.0396. The number of nitrogens with one attached hydrogen (secondary N) is 1. The van der Waals surface area contributed by atoms with Crippen molar-refractivity contribution in [3.63, 3.8) is 0 Å². The lowest BCUT2D eigenvalue weighted by Crippen LogP contribution is -2.51. The Morgan fingerprint density at radius 1 is 1.05 bits per heavy atom. The molecule has 1 heterocycles. The zero-order valence-electron chi connectivity index (χ0n) is 22.7. The minimum Gasteiger partial charge on any atom is -0.508 e. The Morgan fingerprint density at radius 3 is 2.44 bits per heavy atom. The number of rotatable bonds is 10. The fourth-order valence-corrected chi connectivity index (χ4v) is 4.21. The highest BCUT2D eigenvalue weighted by atomic mass is 16.5. The van der Waals surface area contributed by atoms with Gasteiger partial charge in [0.1, 0.15) is 35.4 Å². The second-order valence-electron chi connectivity index (χ2n) is 9.76. The number of methoxy groups -OCH3 is 2. The Hall–Kier alpha value is -4.60. The quantitative estimate of drug-likeness (QED) is 0.314. The van der Waals surface area contributed by atoms with Crippen molar-refractivity contribution in [2.45, 2.75) is 45.3 Å². The maximum atomic E-state index is 14.3. The van der Waals surface area contributed by atoms with Crippen molar-refractivity contribution in [2.75, 3.05) is 19.1 Å². The molecule has 0 radical (unpaired) electrons. The number of hydrogen-bond donors (Lipinski definition) is 2. The third kappa shape index (κ3) is 5.95. The molecule has 204 valence electrons. The molecule has 10 heteroatoms. The Morgan fingerprint density at radius 2 is 1.77 bits per heavy atom. The summed E-state index contributed by atoms with van der Waals surface area (Å²) in [5.41, 5.74) is 1.63. The average Bonchev–Trinajstić information content (AvgIpc) is 3.34. The number of phenolic OH excluding ortho intramolecular Hbond substituents is 1. The molecule has 0 bridgehead atoms. The number of amides is 2. The van der Waals surface area contributed by atoms with Gasteiger partial charge in [-0.25, -0.2) is 4.68 Å². The summed E-state index contributed by atoms with van der Waals surface area (Å²) < 4.78 is 12.6. The zero-order chi connectivity index (χ0) is 28.2. The van der Waals surface area contributed by atoms with Crippen LogP contribution >= 0.6 is 0 Å². The molecule has 0 aliphatic heterocycles. The third-order valence-electron chi connectivity index (χ3n) is 6.68. The van der Waals surface area contributed by atoms with Gasteiger partial charge in [-0.2, -0.15) is 0 Å². The number of aromatic hydroxyl groups is 1. The lowest BCUT2D eigenvalue weighted by Gasteiger charge is -2.35. The first-order valence-electron chi connectivity index (χ1n) is 12.6. The van der Waals surface area contributed by atoms with Crippen LogP contribution in [0.5, 0.6) is 17.2 Å². The predicted molar refractivity (Wildman–Crippen MR) is 148 cm³/mol. The van der Waals surface area contributed by atoms with Crippen LogP contribution in [0.2, 0.25) is 0 Å². The molecule has 3 aromatic carbocycles. The first-order chi connectivity index (χ1) is 18.7. The second kappa shape index (κ2) is 11.4. The molecule has 39 heavy (non-hydrogen) atoms. The molecular weight excluding hydrogens is 498 g/mol. The predicted octanol–water partition coefficient (Wildman–Crippen LogP) is 4.23. The van der Waals surface area contributed by atoms with E-state index in [0.717, 1.165) is 0 Å². The molecule has 0 saturated heterocycles. The van der Waals surface area contributed by atoms with E-state index in [-0.39, 0.29) is 12.3 Å². The highest BCUT2D eigenvalue weighted by Gasteiger charge is 2.37. The zero-order valence-corrected chi connectivity index (χ0v) is 22.7. The van der Waals surface area contributed by atoms with E-state index < -0.39 is 23.4 Å². The molecule has 0 fully saturated rings. The largest absolute Gasteiger partial charge is 0.508 e. The monoisotopic (exact) mass is 531 g/mol. The summed E-state index contributed by atoms with van der Waals surface area (Å²) in [6.45, 7) is 5.61. The van der Waals surface area contributed by atoms with Crippen molar-refractivity contribution < 1.29 is 24.2 Å². The van der Waals surface area contributed by atoms with Crippen molar-refractivity contribution in [1.29, 1.82) is 0 Å². The number of benzene rings is 3. The van der Waals surface area contributed by atoms with Crippen molar-refractivity contribution in [1.82, 2.24) is 20.3 Å². The van der Waals surface area contributed by atoms with Crippen molar-refractivity contribution in [2.24, 2.45) is 0 Å². The molecule has 1 atom stereocenters. The maximum Gasteiger partial charge on any atom is 0.249 e. The summed E-state index contributed by atoms with van der Waals surface area (Å²) in [6, 6.07) is 17.5. The van der Waals surface area contributed by atoms with Gasteiger partial charge in [0.15, 0.2) is 0 Å². The van der Waals surface area contributed by atoms with Crippen LogP contribution in [0, 0.1) is 0 Å². The van der Waals surface area contributed by atoms with Crippen molar-refractivity contribution in [3.8, 4) is 17.2 Å². The van der Waals surface area contributed by atoms with E-state index in [9.17, 15) is 14.7 Å². The van der Waals surface area contributed by atoms with Crippen molar-refractivity contribution in [3.05, 3.63) is 72.3 Å². The van der Waals surface area contributed by atoms with Crippen LogP contribution in [0.1, 0.15) is 38.8 Å². The van der Waals surface area contributed by atoms with Crippen molar-refractivity contribution >= 4 is 28.5 Å². The van der Waals surface area contributed by atoms with E-state index >= 15 is 0 Å². The van der Waals surface area contributed by atoms with Gasteiger partial charge in [0.2, 0.25) is 11.8 Å². The number of nitrogens with zero attached hydrogens (tertiary/aromatic N) is 4. The lowest BCUT2D eigenvalue weighted by molar-refractivity contribution is -0.128. The number of phenols is 1. The van der Waals surface area contributed by atoms with Gasteiger partial charge in [0, 0.05) is 11.6 Å². The van der Waals surface area contributed by atoms with Crippen LogP contribution in [-0.2, 0) is 16.1 Å². The number of para-hydroxylation sites is 1. The number of anilines is 1. The van der Waals surface area contributed by atoms with Gasteiger partial charge >= 0.3 is 0 Å². The maximum absolute atomic E-state index is 14.3. The third-order valence-corrected chi connectivity index (χ3v) is 6.68. The van der Waals surface area contributed by atoms with Gasteiger partial charge in [0.05, 0.1) is 25.4 Å². The molecule has 4 aromatic rings. The first-order valence-corrected chi connectivity index (χ1v) is 12.6. The lowest BCUT2D eigenvalue weighted by atomic mass is 9.98. The first kappa shape index (κ1) is 27.4. The Labute approximate surface area is 227 Å². The summed E-state index contributed by atoms with van der Waals surface area (Å²) in [4.78, 5) is 29.7. The van der Waals surface area contributed by atoms with E-state index in [0.29, 0.717) is 40.2 Å². The molecule has 0 unspecified atom stereocenters. The number of ether oxygens (including phenoxy) is 2. The van der Waals surface area contributed by atoms with Crippen LogP contribution in [0.15, 0.2) is 66.7 Å². The number of aromatic nitrogens is 3. The number of hydrogen-bond acceptors (Lipinski definition) is 7. The second-order valence-corrected chi connectivity index (χ2v) is 9.76. The fraction of sp³-hybridized carbons (Fsp3) is 0.310. The van der Waals surface area contributed by atoms with Crippen LogP contribution in [0.3, 0.4) is 0 Å². The van der Waals surface area contributed by atoms with Gasteiger partial charge < -0.3 is 19.9 Å².